The summed E-state index contributed by atoms with van der Waals surface area (Å²) in [6, 6.07) is 28.4. The number of hydrogen-bond donors (Lipinski definition) is 1. The first-order chi connectivity index (χ1) is 33.3. The molecule has 0 heterocycles. The van der Waals surface area contributed by atoms with Crippen LogP contribution in [0.2, 0.25) is 0 Å². The van der Waals surface area contributed by atoms with Crippen LogP contribution in [0.1, 0.15) is 293 Å². The molecule has 0 aromatic heterocycles. The molecule has 0 amide bonds. The van der Waals surface area contributed by atoms with Gasteiger partial charge in [-0.1, -0.05) is 312 Å². The molecule has 0 aliphatic rings. The van der Waals surface area contributed by atoms with Crippen molar-refractivity contribution >= 4 is 0 Å². The summed E-state index contributed by atoms with van der Waals surface area (Å²) in [5, 5.41) is 3.84. The molecule has 0 bridgehead atoms. The van der Waals surface area contributed by atoms with Crippen molar-refractivity contribution in [1.29, 1.82) is 0 Å². The van der Waals surface area contributed by atoms with Gasteiger partial charge in [0.15, 0.2) is 0 Å². The number of benzene rings is 3. The van der Waals surface area contributed by atoms with E-state index in [-0.39, 0.29) is 6.04 Å². The Morgan fingerprint density at radius 2 is 0.552 bits per heavy atom. The second kappa shape index (κ2) is 44.4. The number of nitrogens with one attached hydrogen (secondary N) is 1. The van der Waals surface area contributed by atoms with Gasteiger partial charge in [-0.15, -0.1) is 0 Å². The average molecular weight is 923 g/mol. The smallest absolute Gasteiger partial charge is 0.119 e. The average Bonchev–Trinajstić information content (AvgIpc) is 3.36. The van der Waals surface area contributed by atoms with Crippen molar-refractivity contribution in [2.75, 3.05) is 13.2 Å². The zero-order chi connectivity index (χ0) is 47.2. The van der Waals surface area contributed by atoms with E-state index in [9.17, 15) is 0 Å². The molecule has 0 saturated carbocycles. The van der Waals surface area contributed by atoms with Crippen LogP contribution in [0.15, 0.2) is 78.9 Å². The minimum Gasteiger partial charge on any atom is -0.494 e. The molecule has 3 aromatic rings. The van der Waals surface area contributed by atoms with Crippen LogP contribution in [0.3, 0.4) is 0 Å². The van der Waals surface area contributed by atoms with Crippen LogP contribution in [-0.2, 0) is 6.54 Å². The maximum absolute atomic E-state index is 6.21. The van der Waals surface area contributed by atoms with Crippen molar-refractivity contribution in [1.82, 2.24) is 5.32 Å². The Bertz CT molecular complexity index is 1350. The molecule has 0 aliphatic carbocycles. The molecule has 3 aromatic carbocycles. The number of rotatable bonds is 49. The molecule has 0 atom stereocenters. The zero-order valence-corrected chi connectivity index (χ0v) is 44.3. The Morgan fingerprint density at radius 1 is 0.299 bits per heavy atom. The van der Waals surface area contributed by atoms with Crippen molar-refractivity contribution in [3.05, 3.63) is 95.6 Å². The summed E-state index contributed by atoms with van der Waals surface area (Å²) in [4.78, 5) is 0. The van der Waals surface area contributed by atoms with Crippen LogP contribution >= 0.6 is 0 Å². The van der Waals surface area contributed by atoms with Crippen molar-refractivity contribution in [3.63, 3.8) is 0 Å². The summed E-state index contributed by atoms with van der Waals surface area (Å²) < 4.78 is 12.4. The fourth-order valence-corrected chi connectivity index (χ4v) is 9.85. The molecule has 3 heteroatoms. The minimum absolute atomic E-state index is 0.0809. The first-order valence-electron chi connectivity index (χ1n) is 29.5. The normalized spacial score (nSPS) is 11.5. The fourth-order valence-electron chi connectivity index (χ4n) is 9.85. The van der Waals surface area contributed by atoms with E-state index < -0.39 is 0 Å². The van der Waals surface area contributed by atoms with Gasteiger partial charge in [-0.05, 0) is 53.8 Å². The highest BCUT2D eigenvalue weighted by atomic mass is 16.5. The Kier molecular flexibility index (Phi) is 38.8. The second-order valence-electron chi connectivity index (χ2n) is 20.6. The van der Waals surface area contributed by atoms with Gasteiger partial charge in [0.25, 0.3) is 0 Å². The summed E-state index contributed by atoms with van der Waals surface area (Å²) in [6.45, 7) is 7.02. The lowest BCUT2D eigenvalue weighted by Gasteiger charge is -2.21. The first kappa shape index (κ1) is 58.5. The first-order valence-corrected chi connectivity index (χ1v) is 29.5. The SMILES string of the molecule is CCCCCCCCCCCCCCCCCCCCCCOc1ccc(C(NCc2ccccc2)c2ccc(OCCCCCCCCCCCCCCCCCCCCCC)cc2)cc1. The lowest BCUT2D eigenvalue weighted by Crippen LogP contribution is -2.22. The topological polar surface area (TPSA) is 30.5 Å². The largest absolute Gasteiger partial charge is 0.494 e. The van der Waals surface area contributed by atoms with Gasteiger partial charge in [-0.2, -0.15) is 0 Å². The molecule has 0 radical (unpaired) electrons. The number of unbranched alkanes of at least 4 members (excludes halogenated alkanes) is 38. The third-order valence-corrected chi connectivity index (χ3v) is 14.3. The van der Waals surface area contributed by atoms with E-state index in [4.69, 9.17) is 9.47 Å². The van der Waals surface area contributed by atoms with E-state index in [0.29, 0.717) is 0 Å². The van der Waals surface area contributed by atoms with Gasteiger partial charge in [0, 0.05) is 6.54 Å². The van der Waals surface area contributed by atoms with Crippen molar-refractivity contribution in [2.24, 2.45) is 0 Å². The predicted molar refractivity (Wildman–Crippen MR) is 295 cm³/mol. The Hall–Kier alpha value is -2.78. The summed E-state index contributed by atoms with van der Waals surface area (Å²) in [5.41, 5.74) is 3.79. The second-order valence-corrected chi connectivity index (χ2v) is 20.6. The zero-order valence-electron chi connectivity index (χ0n) is 44.3. The molecule has 1 N–H and O–H groups in total. The highest BCUT2D eigenvalue weighted by Crippen LogP contribution is 2.27. The van der Waals surface area contributed by atoms with E-state index >= 15 is 0 Å². The fraction of sp³-hybridized carbons (Fsp3) is 0.719. The maximum atomic E-state index is 6.21. The third kappa shape index (κ3) is 33.4. The molecule has 0 fully saturated rings. The van der Waals surface area contributed by atoms with Crippen LogP contribution in [0.4, 0.5) is 0 Å². The molecule has 0 spiro atoms. The van der Waals surface area contributed by atoms with Gasteiger partial charge < -0.3 is 14.8 Å². The molecule has 3 nitrogen and oxygen atoms in total. The van der Waals surface area contributed by atoms with Gasteiger partial charge in [-0.3, -0.25) is 0 Å². The highest BCUT2D eigenvalue weighted by molar-refractivity contribution is 5.38. The van der Waals surface area contributed by atoms with Crippen LogP contribution < -0.4 is 14.8 Å². The standard InChI is InChI=1S/C64H107NO2/c1-3-5-7-9-11-13-15-17-19-21-23-25-27-29-31-33-35-37-39-44-56-66-62-52-48-60(49-53-62)64(65-58-59-46-42-41-43-47-59)61-50-54-63(55-51-61)67-57-45-40-38-36-34-32-30-28-26-24-22-20-18-16-14-12-10-8-6-4-2/h41-43,46-55,64-65H,3-40,44-45,56-58H2,1-2H3. The van der Waals surface area contributed by atoms with E-state index in [1.54, 1.807) is 0 Å². The number of hydrogen-bond acceptors (Lipinski definition) is 3. The lowest BCUT2D eigenvalue weighted by molar-refractivity contribution is 0.304. The highest BCUT2D eigenvalue weighted by Gasteiger charge is 2.15. The van der Waals surface area contributed by atoms with E-state index in [1.807, 2.05) is 0 Å². The van der Waals surface area contributed by atoms with E-state index in [0.717, 1.165) is 44.1 Å². The monoisotopic (exact) mass is 922 g/mol. The van der Waals surface area contributed by atoms with Crippen LogP contribution in [-0.4, -0.2) is 13.2 Å². The van der Waals surface area contributed by atoms with Gasteiger partial charge in [0.2, 0.25) is 0 Å². The molecule has 0 unspecified atom stereocenters. The van der Waals surface area contributed by atoms with Gasteiger partial charge in [0.05, 0.1) is 19.3 Å². The van der Waals surface area contributed by atoms with Crippen molar-refractivity contribution in [3.8, 4) is 11.5 Å². The summed E-state index contributed by atoms with van der Waals surface area (Å²) in [6.07, 6.45) is 56.3. The molecular weight excluding hydrogens is 815 g/mol. The molecule has 3 rings (SSSR count). The van der Waals surface area contributed by atoms with Crippen LogP contribution in [0.25, 0.3) is 0 Å². The predicted octanol–water partition coefficient (Wildman–Crippen LogP) is 21.0. The van der Waals surface area contributed by atoms with Crippen LogP contribution in [0, 0.1) is 0 Å². The van der Waals surface area contributed by atoms with Gasteiger partial charge in [0.1, 0.15) is 11.5 Å². The van der Waals surface area contributed by atoms with E-state index in [1.165, 1.54) is 261 Å². The number of ether oxygens (including phenoxy) is 2. The molecule has 0 aliphatic heterocycles. The Morgan fingerprint density at radius 3 is 0.821 bits per heavy atom. The molecular formula is C64H107NO2. The molecule has 67 heavy (non-hydrogen) atoms. The summed E-state index contributed by atoms with van der Waals surface area (Å²) in [5.74, 6) is 1.94. The van der Waals surface area contributed by atoms with Crippen molar-refractivity contribution < 1.29 is 9.47 Å². The Balaban J connectivity index is 1.20. The molecule has 380 valence electrons. The summed E-state index contributed by atoms with van der Waals surface area (Å²) >= 11 is 0. The lowest BCUT2D eigenvalue weighted by atomic mass is 9.98. The third-order valence-electron chi connectivity index (χ3n) is 14.3. The van der Waals surface area contributed by atoms with Gasteiger partial charge in [-0.25, -0.2) is 0 Å². The summed E-state index contributed by atoms with van der Waals surface area (Å²) in [7, 11) is 0. The van der Waals surface area contributed by atoms with Crippen LogP contribution in [0.5, 0.6) is 11.5 Å². The maximum Gasteiger partial charge on any atom is 0.119 e. The molecule has 0 saturated heterocycles. The Labute approximate surface area is 416 Å². The minimum atomic E-state index is 0.0809. The van der Waals surface area contributed by atoms with E-state index in [2.05, 4.69) is 98.0 Å². The quantitative estimate of drug-likeness (QED) is 0.0573. The van der Waals surface area contributed by atoms with Crippen molar-refractivity contribution in [2.45, 2.75) is 283 Å². The van der Waals surface area contributed by atoms with Gasteiger partial charge >= 0.3 is 0 Å².